The second kappa shape index (κ2) is 6.61. The molecule has 0 aliphatic heterocycles. The third-order valence-corrected chi connectivity index (χ3v) is 3.83. The van der Waals surface area contributed by atoms with Gasteiger partial charge in [0.1, 0.15) is 5.82 Å². The van der Waals surface area contributed by atoms with E-state index in [0.29, 0.717) is 0 Å². The van der Waals surface area contributed by atoms with Gasteiger partial charge in [-0.2, -0.15) is 0 Å². The topological polar surface area (TPSA) is 29.9 Å². The van der Waals surface area contributed by atoms with Gasteiger partial charge in [-0.3, -0.25) is 0 Å². The molecular weight excluding hydrogens is 242 g/mol. The fourth-order valence-electron chi connectivity index (χ4n) is 1.81. The lowest BCUT2D eigenvalue weighted by atomic mass is 10.2. The van der Waals surface area contributed by atoms with E-state index in [2.05, 4.69) is 39.1 Å². The van der Waals surface area contributed by atoms with Crippen LogP contribution in [0, 0.1) is 0 Å². The van der Waals surface area contributed by atoms with E-state index in [9.17, 15) is 0 Å². The van der Waals surface area contributed by atoms with E-state index in [4.69, 9.17) is 0 Å². The molecular formula is C14H19N3S. The molecule has 0 spiro atoms. The van der Waals surface area contributed by atoms with Crippen molar-refractivity contribution in [3.63, 3.8) is 0 Å². The molecule has 0 bridgehead atoms. The molecule has 0 amide bonds. The van der Waals surface area contributed by atoms with Gasteiger partial charge in [-0.1, -0.05) is 12.1 Å². The monoisotopic (exact) mass is 261 g/mol. The summed E-state index contributed by atoms with van der Waals surface area (Å²) in [5.74, 6) is 2.21. The molecule has 1 heterocycles. The SMILES string of the molecule is CNCc1ccc(SCCc2nccn2C)cc1. The summed E-state index contributed by atoms with van der Waals surface area (Å²) in [6.45, 7) is 0.929. The van der Waals surface area contributed by atoms with Gasteiger partial charge in [0.25, 0.3) is 0 Å². The van der Waals surface area contributed by atoms with Crippen LogP contribution in [0.2, 0.25) is 0 Å². The molecule has 2 rings (SSSR count). The zero-order valence-corrected chi connectivity index (χ0v) is 11.7. The predicted octanol–water partition coefficient (Wildman–Crippen LogP) is 2.47. The van der Waals surface area contributed by atoms with Crippen molar-refractivity contribution in [1.29, 1.82) is 0 Å². The fourth-order valence-corrected chi connectivity index (χ4v) is 2.65. The van der Waals surface area contributed by atoms with E-state index >= 15 is 0 Å². The van der Waals surface area contributed by atoms with Crippen LogP contribution in [-0.4, -0.2) is 22.4 Å². The van der Waals surface area contributed by atoms with Crippen LogP contribution >= 0.6 is 11.8 Å². The first-order valence-corrected chi connectivity index (χ1v) is 7.10. The number of aromatic nitrogens is 2. The van der Waals surface area contributed by atoms with E-state index in [1.807, 2.05) is 38.3 Å². The van der Waals surface area contributed by atoms with Gasteiger partial charge in [-0.25, -0.2) is 4.98 Å². The Balaban J connectivity index is 1.81. The minimum absolute atomic E-state index is 0.929. The summed E-state index contributed by atoms with van der Waals surface area (Å²) in [7, 11) is 4.01. The summed E-state index contributed by atoms with van der Waals surface area (Å²) >= 11 is 1.88. The fraction of sp³-hybridized carbons (Fsp3) is 0.357. The highest BCUT2D eigenvalue weighted by molar-refractivity contribution is 7.99. The number of benzene rings is 1. The number of aryl methyl sites for hydroxylation is 2. The summed E-state index contributed by atoms with van der Waals surface area (Å²) in [6.07, 6.45) is 4.85. The molecule has 0 fully saturated rings. The van der Waals surface area contributed by atoms with Gasteiger partial charge in [0.15, 0.2) is 0 Å². The minimum Gasteiger partial charge on any atom is -0.338 e. The molecule has 1 N–H and O–H groups in total. The molecule has 18 heavy (non-hydrogen) atoms. The van der Waals surface area contributed by atoms with Gasteiger partial charge < -0.3 is 9.88 Å². The van der Waals surface area contributed by atoms with Gasteiger partial charge in [0, 0.05) is 43.1 Å². The highest BCUT2D eigenvalue weighted by Crippen LogP contribution is 2.19. The van der Waals surface area contributed by atoms with Crippen molar-refractivity contribution in [3.8, 4) is 0 Å². The molecule has 2 aromatic rings. The van der Waals surface area contributed by atoms with Crippen molar-refractivity contribution in [1.82, 2.24) is 14.9 Å². The first kappa shape index (κ1) is 13.2. The molecule has 0 saturated heterocycles. The summed E-state index contributed by atoms with van der Waals surface area (Å²) in [4.78, 5) is 5.65. The molecule has 1 aromatic heterocycles. The normalized spacial score (nSPS) is 10.8. The summed E-state index contributed by atoms with van der Waals surface area (Å²) in [5, 5.41) is 3.15. The molecule has 0 aliphatic carbocycles. The summed E-state index contributed by atoms with van der Waals surface area (Å²) in [6, 6.07) is 8.74. The number of hydrogen-bond acceptors (Lipinski definition) is 3. The van der Waals surface area contributed by atoms with Crippen LogP contribution in [0.5, 0.6) is 0 Å². The summed E-state index contributed by atoms with van der Waals surface area (Å²) < 4.78 is 2.08. The van der Waals surface area contributed by atoms with Crippen molar-refractivity contribution in [2.24, 2.45) is 7.05 Å². The smallest absolute Gasteiger partial charge is 0.109 e. The van der Waals surface area contributed by atoms with Crippen molar-refractivity contribution in [3.05, 3.63) is 48.0 Å². The Labute approximate surface area is 113 Å². The second-order valence-electron chi connectivity index (χ2n) is 4.23. The Morgan fingerprint density at radius 3 is 2.67 bits per heavy atom. The first-order chi connectivity index (χ1) is 8.79. The van der Waals surface area contributed by atoms with Crippen LogP contribution < -0.4 is 5.32 Å². The number of imidazole rings is 1. The Morgan fingerprint density at radius 1 is 1.28 bits per heavy atom. The lowest BCUT2D eigenvalue weighted by molar-refractivity contribution is 0.811. The average molecular weight is 261 g/mol. The number of rotatable bonds is 6. The molecule has 0 aliphatic rings. The molecule has 1 aromatic carbocycles. The zero-order valence-electron chi connectivity index (χ0n) is 10.9. The Hall–Kier alpha value is -1.26. The van der Waals surface area contributed by atoms with Crippen LogP contribution in [0.3, 0.4) is 0 Å². The largest absolute Gasteiger partial charge is 0.338 e. The van der Waals surface area contributed by atoms with Crippen LogP contribution in [0.4, 0.5) is 0 Å². The van der Waals surface area contributed by atoms with Gasteiger partial charge >= 0.3 is 0 Å². The first-order valence-electron chi connectivity index (χ1n) is 6.12. The molecule has 4 heteroatoms. The number of nitrogens with one attached hydrogen (secondary N) is 1. The van der Waals surface area contributed by atoms with Gasteiger partial charge in [0.05, 0.1) is 0 Å². The number of thioether (sulfide) groups is 1. The highest BCUT2D eigenvalue weighted by atomic mass is 32.2. The third-order valence-electron chi connectivity index (χ3n) is 2.82. The van der Waals surface area contributed by atoms with Gasteiger partial charge in [-0.15, -0.1) is 11.8 Å². The van der Waals surface area contributed by atoms with E-state index in [0.717, 1.165) is 24.5 Å². The molecule has 0 unspecified atom stereocenters. The molecule has 3 nitrogen and oxygen atoms in total. The minimum atomic E-state index is 0.929. The van der Waals surface area contributed by atoms with Crippen molar-refractivity contribution >= 4 is 11.8 Å². The maximum atomic E-state index is 4.33. The van der Waals surface area contributed by atoms with Crippen molar-refractivity contribution in [2.75, 3.05) is 12.8 Å². The van der Waals surface area contributed by atoms with Gasteiger partial charge in [-0.05, 0) is 24.7 Å². The third kappa shape index (κ3) is 3.62. The van der Waals surface area contributed by atoms with Gasteiger partial charge in [0.2, 0.25) is 0 Å². The van der Waals surface area contributed by atoms with Crippen LogP contribution in [0.1, 0.15) is 11.4 Å². The lowest BCUT2D eigenvalue weighted by Crippen LogP contribution is -2.04. The predicted molar refractivity (Wildman–Crippen MR) is 76.8 cm³/mol. The second-order valence-corrected chi connectivity index (χ2v) is 5.40. The Kier molecular flexibility index (Phi) is 4.84. The highest BCUT2D eigenvalue weighted by Gasteiger charge is 2.00. The Morgan fingerprint density at radius 2 is 2.06 bits per heavy atom. The molecule has 0 radical (unpaired) electrons. The average Bonchev–Trinajstić information content (AvgIpc) is 2.78. The quantitative estimate of drug-likeness (QED) is 0.810. The number of hydrogen-bond donors (Lipinski definition) is 1. The molecule has 0 atom stereocenters. The van der Waals surface area contributed by atoms with E-state index in [1.54, 1.807) is 0 Å². The standard InChI is InChI=1S/C14H19N3S/c1-15-11-12-3-5-13(6-4-12)18-10-7-14-16-8-9-17(14)2/h3-6,8-9,15H,7,10-11H2,1-2H3. The van der Waals surface area contributed by atoms with E-state index in [-0.39, 0.29) is 0 Å². The van der Waals surface area contributed by atoms with E-state index in [1.165, 1.54) is 10.5 Å². The van der Waals surface area contributed by atoms with Crippen LogP contribution in [0.25, 0.3) is 0 Å². The lowest BCUT2D eigenvalue weighted by Gasteiger charge is -2.04. The van der Waals surface area contributed by atoms with Crippen LogP contribution in [-0.2, 0) is 20.0 Å². The van der Waals surface area contributed by atoms with Crippen molar-refractivity contribution < 1.29 is 0 Å². The molecule has 96 valence electrons. The Bertz CT molecular complexity index is 476. The van der Waals surface area contributed by atoms with Crippen LogP contribution in [0.15, 0.2) is 41.6 Å². The van der Waals surface area contributed by atoms with Crippen molar-refractivity contribution in [2.45, 2.75) is 17.9 Å². The van der Waals surface area contributed by atoms with E-state index < -0.39 is 0 Å². The summed E-state index contributed by atoms with van der Waals surface area (Å²) in [5.41, 5.74) is 1.32. The molecule has 0 saturated carbocycles. The number of nitrogens with zero attached hydrogens (tertiary/aromatic N) is 2. The maximum absolute atomic E-state index is 4.33. The maximum Gasteiger partial charge on any atom is 0.109 e. The zero-order chi connectivity index (χ0) is 12.8.